The molecule has 0 aromatic rings. The van der Waals surface area contributed by atoms with Gasteiger partial charge in [-0.3, -0.25) is 4.90 Å². The lowest BCUT2D eigenvalue weighted by molar-refractivity contribution is -0.826. The first kappa shape index (κ1) is 19.5. The number of rotatable bonds is 15. The summed E-state index contributed by atoms with van der Waals surface area (Å²) in [5.74, 6) is 0. The maximum absolute atomic E-state index is 2.45. The molecule has 0 spiro atoms. The van der Waals surface area contributed by atoms with Crippen LogP contribution in [-0.2, 0) is 0 Å². The van der Waals surface area contributed by atoms with E-state index in [0.717, 1.165) is 0 Å². The van der Waals surface area contributed by atoms with Crippen LogP contribution in [-0.4, -0.2) is 25.2 Å². The molecule has 0 saturated carbocycles. The van der Waals surface area contributed by atoms with E-state index in [1.54, 1.807) is 0 Å². The summed E-state index contributed by atoms with van der Waals surface area (Å²) in [4.78, 5) is 3.96. The Morgan fingerprint density at radius 3 is 1.59 bits per heavy atom. The minimum Gasteiger partial charge on any atom is -0.326 e. The highest BCUT2D eigenvalue weighted by Gasteiger charge is 2.11. The fourth-order valence-corrected chi connectivity index (χ4v) is 3.32. The third-order valence-corrected chi connectivity index (χ3v) is 4.82. The van der Waals surface area contributed by atoms with Crippen molar-refractivity contribution < 1.29 is 4.90 Å². The molecule has 1 N–H and O–H groups in total. The van der Waals surface area contributed by atoms with E-state index in [4.69, 9.17) is 0 Å². The number of nitrogens with one attached hydrogen (secondary N) is 1. The summed E-state index contributed by atoms with van der Waals surface area (Å²) in [5, 5.41) is 0. The van der Waals surface area contributed by atoms with Crippen LogP contribution in [0.2, 0.25) is 0 Å². The Kier molecular flexibility index (Phi) is 12.5. The molecule has 0 aromatic heterocycles. The van der Waals surface area contributed by atoms with Crippen molar-refractivity contribution in [2.24, 2.45) is 0 Å². The van der Waals surface area contributed by atoms with Gasteiger partial charge in [0.05, 0.1) is 13.2 Å². The molecule has 1 aliphatic heterocycles. The smallest absolute Gasteiger partial charge is 0.156 e. The van der Waals surface area contributed by atoms with Crippen LogP contribution in [0.1, 0.15) is 96.8 Å². The van der Waals surface area contributed by atoms with Gasteiger partial charge in [0, 0.05) is 6.54 Å². The van der Waals surface area contributed by atoms with Crippen LogP contribution in [0.5, 0.6) is 0 Å². The maximum Gasteiger partial charge on any atom is 0.156 e. The Balaban J connectivity index is 1.69. The molecule has 2 heteroatoms. The van der Waals surface area contributed by atoms with Gasteiger partial charge in [-0.2, -0.15) is 0 Å². The SMILES string of the molecule is CCCCCCCCCCCCCCCCN1C=C[NH+](C)C1. The lowest BCUT2D eigenvalue weighted by Crippen LogP contribution is -3.03. The molecule has 0 saturated heterocycles. The average Bonchev–Trinajstić information content (AvgIpc) is 2.93. The van der Waals surface area contributed by atoms with Gasteiger partial charge in [-0.15, -0.1) is 0 Å². The molecule has 1 aliphatic rings. The van der Waals surface area contributed by atoms with Crippen molar-refractivity contribution in [3.63, 3.8) is 0 Å². The normalized spacial score (nSPS) is 17.5. The summed E-state index contributed by atoms with van der Waals surface area (Å²) in [7, 11) is 2.22. The van der Waals surface area contributed by atoms with Crippen molar-refractivity contribution in [3.8, 4) is 0 Å². The molecule has 0 fully saturated rings. The predicted molar refractivity (Wildman–Crippen MR) is 97.9 cm³/mol. The summed E-state index contributed by atoms with van der Waals surface area (Å²) in [6, 6.07) is 0. The van der Waals surface area contributed by atoms with Crippen molar-refractivity contribution in [1.29, 1.82) is 0 Å². The summed E-state index contributed by atoms with van der Waals surface area (Å²) < 4.78 is 0. The van der Waals surface area contributed by atoms with E-state index in [9.17, 15) is 0 Å². The van der Waals surface area contributed by atoms with E-state index >= 15 is 0 Å². The second-order valence-corrected chi connectivity index (χ2v) is 7.23. The molecule has 1 unspecified atom stereocenters. The number of quaternary nitrogens is 1. The molecular formula is C20H41N2+. The number of nitrogens with zero attached hydrogens (tertiary/aromatic N) is 1. The molecule has 0 aliphatic carbocycles. The second kappa shape index (κ2) is 14.1. The standard InChI is InChI=1S/C20H40N2/c1-3-4-5-6-7-8-9-10-11-12-13-14-15-16-17-22-19-18-21(2)20-22/h18-19H,3-17,20H2,1-2H3/p+1. The molecule has 0 bridgehead atoms. The van der Waals surface area contributed by atoms with Gasteiger partial charge < -0.3 is 4.90 Å². The molecule has 0 amide bonds. The van der Waals surface area contributed by atoms with Crippen LogP contribution in [0, 0.1) is 0 Å². The summed E-state index contributed by atoms with van der Waals surface area (Å²) in [5.41, 5.74) is 0. The van der Waals surface area contributed by atoms with Gasteiger partial charge in [0.25, 0.3) is 0 Å². The van der Waals surface area contributed by atoms with Gasteiger partial charge in [-0.1, -0.05) is 90.4 Å². The van der Waals surface area contributed by atoms with E-state index < -0.39 is 0 Å². The highest BCUT2D eigenvalue weighted by atomic mass is 15.3. The van der Waals surface area contributed by atoms with E-state index in [1.165, 1.54) is 108 Å². The van der Waals surface area contributed by atoms with Gasteiger partial charge in [-0.05, 0) is 6.42 Å². The van der Waals surface area contributed by atoms with Crippen LogP contribution in [0.3, 0.4) is 0 Å². The fourth-order valence-electron chi connectivity index (χ4n) is 3.32. The zero-order valence-corrected chi connectivity index (χ0v) is 15.4. The van der Waals surface area contributed by atoms with Crippen molar-refractivity contribution >= 4 is 0 Å². The average molecular weight is 310 g/mol. The van der Waals surface area contributed by atoms with Gasteiger partial charge in [-0.25, -0.2) is 0 Å². The molecule has 1 heterocycles. The Morgan fingerprint density at radius 2 is 1.18 bits per heavy atom. The van der Waals surface area contributed by atoms with Crippen molar-refractivity contribution in [3.05, 3.63) is 12.4 Å². The van der Waals surface area contributed by atoms with Gasteiger partial charge in [0.2, 0.25) is 0 Å². The summed E-state index contributed by atoms with van der Waals surface area (Å²) >= 11 is 0. The third kappa shape index (κ3) is 11.1. The highest BCUT2D eigenvalue weighted by molar-refractivity contribution is 4.77. The number of hydrogen-bond acceptors (Lipinski definition) is 1. The van der Waals surface area contributed by atoms with E-state index in [0.29, 0.717) is 0 Å². The largest absolute Gasteiger partial charge is 0.326 e. The van der Waals surface area contributed by atoms with Crippen molar-refractivity contribution in [1.82, 2.24) is 4.90 Å². The van der Waals surface area contributed by atoms with Crippen molar-refractivity contribution in [2.45, 2.75) is 96.8 Å². The predicted octanol–water partition coefficient (Wildman–Crippen LogP) is 4.73. The monoisotopic (exact) mass is 309 g/mol. The molecule has 0 aromatic carbocycles. The molecule has 2 nitrogen and oxygen atoms in total. The van der Waals surface area contributed by atoms with Gasteiger partial charge >= 0.3 is 0 Å². The van der Waals surface area contributed by atoms with Crippen LogP contribution in [0.15, 0.2) is 12.4 Å². The minimum atomic E-state index is 1.17. The van der Waals surface area contributed by atoms with Crippen molar-refractivity contribution in [2.75, 3.05) is 20.3 Å². The topological polar surface area (TPSA) is 7.68 Å². The Morgan fingerprint density at radius 1 is 0.727 bits per heavy atom. The zero-order chi connectivity index (χ0) is 15.9. The van der Waals surface area contributed by atoms with Crippen LogP contribution < -0.4 is 4.90 Å². The Bertz CT molecular complexity index is 262. The van der Waals surface area contributed by atoms with Gasteiger partial charge in [0.1, 0.15) is 6.20 Å². The molecule has 1 rings (SSSR count). The molecule has 22 heavy (non-hydrogen) atoms. The van der Waals surface area contributed by atoms with E-state index in [-0.39, 0.29) is 0 Å². The number of unbranched alkanes of at least 4 members (excludes halogenated alkanes) is 13. The quantitative estimate of drug-likeness (QED) is 0.430. The molecule has 130 valence electrons. The second-order valence-electron chi connectivity index (χ2n) is 7.23. The lowest BCUT2D eigenvalue weighted by atomic mass is 10.0. The Hall–Kier alpha value is -0.500. The summed E-state index contributed by atoms with van der Waals surface area (Å²) in [6.45, 7) is 4.72. The van der Waals surface area contributed by atoms with E-state index in [1.807, 2.05) is 0 Å². The molecular weight excluding hydrogens is 268 g/mol. The first-order chi connectivity index (χ1) is 10.8. The number of hydrogen-bond donors (Lipinski definition) is 1. The minimum absolute atomic E-state index is 1.17. The first-order valence-corrected chi connectivity index (χ1v) is 10.1. The fraction of sp³-hybridized carbons (Fsp3) is 0.900. The molecule has 0 radical (unpaired) electrons. The van der Waals surface area contributed by atoms with Gasteiger partial charge in [0.15, 0.2) is 6.67 Å². The van der Waals surface area contributed by atoms with Crippen LogP contribution >= 0.6 is 0 Å². The van der Waals surface area contributed by atoms with E-state index in [2.05, 4.69) is 31.3 Å². The lowest BCUT2D eigenvalue weighted by Gasteiger charge is -2.14. The maximum atomic E-state index is 2.45. The highest BCUT2D eigenvalue weighted by Crippen LogP contribution is 2.13. The van der Waals surface area contributed by atoms with Crippen LogP contribution in [0.25, 0.3) is 0 Å². The van der Waals surface area contributed by atoms with Crippen LogP contribution in [0.4, 0.5) is 0 Å². The zero-order valence-electron chi connectivity index (χ0n) is 15.4. The summed E-state index contributed by atoms with van der Waals surface area (Å²) in [6.07, 6.45) is 24.8. The Labute approximate surface area is 139 Å². The third-order valence-electron chi connectivity index (χ3n) is 4.82. The molecule has 1 atom stereocenters. The first-order valence-electron chi connectivity index (χ1n) is 10.1.